The van der Waals surface area contributed by atoms with Crippen LogP contribution in [0.15, 0.2) is 18.2 Å². The fourth-order valence-electron chi connectivity index (χ4n) is 1.62. The lowest BCUT2D eigenvalue weighted by Crippen LogP contribution is -2.35. The minimum atomic E-state index is -0.565. The molecule has 20 heavy (non-hydrogen) atoms. The van der Waals surface area contributed by atoms with Crippen molar-refractivity contribution in [3.63, 3.8) is 0 Å². The molecule has 1 aromatic rings. The third kappa shape index (κ3) is 4.83. The van der Waals surface area contributed by atoms with Crippen molar-refractivity contribution in [3.05, 3.63) is 23.2 Å². The summed E-state index contributed by atoms with van der Waals surface area (Å²) in [7, 11) is 0. The Morgan fingerprint density at radius 2 is 2.00 bits per heavy atom. The van der Waals surface area contributed by atoms with Crippen molar-refractivity contribution in [2.24, 2.45) is 5.73 Å². The zero-order valence-corrected chi connectivity index (χ0v) is 12.5. The molecule has 0 spiro atoms. The van der Waals surface area contributed by atoms with Gasteiger partial charge in [0.15, 0.2) is 0 Å². The van der Waals surface area contributed by atoms with Gasteiger partial charge in [-0.05, 0) is 24.6 Å². The maximum Gasteiger partial charge on any atom is 0.241 e. The minimum absolute atomic E-state index is 0.104. The van der Waals surface area contributed by atoms with Crippen molar-refractivity contribution in [1.29, 1.82) is 0 Å². The maximum absolute atomic E-state index is 11.9. The Labute approximate surface area is 123 Å². The van der Waals surface area contributed by atoms with Gasteiger partial charge in [0.2, 0.25) is 11.8 Å². The van der Waals surface area contributed by atoms with E-state index in [9.17, 15) is 9.59 Å². The van der Waals surface area contributed by atoms with Gasteiger partial charge in [-0.3, -0.25) is 9.59 Å². The summed E-state index contributed by atoms with van der Waals surface area (Å²) >= 11 is 6.02. The number of amides is 2. The van der Waals surface area contributed by atoms with E-state index in [1.165, 1.54) is 0 Å². The van der Waals surface area contributed by atoms with Gasteiger partial charge in [-0.1, -0.05) is 31.9 Å². The van der Waals surface area contributed by atoms with Crippen molar-refractivity contribution in [1.82, 2.24) is 0 Å². The van der Waals surface area contributed by atoms with E-state index >= 15 is 0 Å². The van der Waals surface area contributed by atoms with Gasteiger partial charge in [-0.2, -0.15) is 0 Å². The molecule has 0 fully saturated rings. The summed E-state index contributed by atoms with van der Waals surface area (Å²) < 4.78 is 0. The molecule has 0 saturated heterocycles. The Morgan fingerprint density at radius 3 is 2.60 bits per heavy atom. The molecule has 0 aromatic heterocycles. The number of rotatable bonds is 6. The van der Waals surface area contributed by atoms with Gasteiger partial charge in [0.05, 0.1) is 16.8 Å². The highest BCUT2D eigenvalue weighted by atomic mass is 35.5. The van der Waals surface area contributed by atoms with Gasteiger partial charge in [-0.25, -0.2) is 0 Å². The van der Waals surface area contributed by atoms with E-state index in [1.54, 1.807) is 25.1 Å². The van der Waals surface area contributed by atoms with Crippen LogP contribution in [0.25, 0.3) is 0 Å². The molecule has 110 valence electrons. The predicted molar refractivity (Wildman–Crippen MR) is 81.9 cm³/mol. The largest absolute Gasteiger partial charge is 0.326 e. The quantitative estimate of drug-likeness (QED) is 0.755. The number of halogens is 1. The summed E-state index contributed by atoms with van der Waals surface area (Å²) in [6.07, 6.45) is 1.82. The smallest absolute Gasteiger partial charge is 0.241 e. The number of carbonyl (C=O) groups is 2. The molecule has 5 nitrogen and oxygen atoms in total. The van der Waals surface area contributed by atoms with E-state index < -0.39 is 6.04 Å². The normalized spacial score (nSPS) is 11.8. The lowest BCUT2D eigenvalue weighted by Gasteiger charge is -2.13. The van der Waals surface area contributed by atoms with Gasteiger partial charge in [0, 0.05) is 12.1 Å². The molecule has 0 bridgehead atoms. The third-order valence-electron chi connectivity index (χ3n) is 2.77. The Bertz CT molecular complexity index is 491. The van der Waals surface area contributed by atoms with E-state index in [4.69, 9.17) is 17.3 Å². The molecule has 2 amide bonds. The molecular weight excluding hydrogens is 278 g/mol. The molecule has 1 atom stereocenters. The number of carbonyl (C=O) groups excluding carboxylic acids is 2. The monoisotopic (exact) mass is 297 g/mol. The lowest BCUT2D eigenvalue weighted by molar-refractivity contribution is -0.117. The lowest BCUT2D eigenvalue weighted by atomic mass is 10.1. The maximum atomic E-state index is 11.9. The van der Waals surface area contributed by atoms with Crippen molar-refractivity contribution < 1.29 is 9.59 Å². The highest BCUT2D eigenvalue weighted by Gasteiger charge is 2.14. The first kappa shape index (κ1) is 16.5. The van der Waals surface area contributed by atoms with Gasteiger partial charge >= 0.3 is 0 Å². The molecule has 1 aromatic carbocycles. The van der Waals surface area contributed by atoms with Crippen LogP contribution in [0.1, 0.15) is 33.1 Å². The van der Waals surface area contributed by atoms with Crippen molar-refractivity contribution >= 4 is 34.8 Å². The predicted octanol–water partition coefficient (Wildman–Crippen LogP) is 2.75. The fraction of sp³-hybridized carbons (Fsp3) is 0.429. The average Bonchev–Trinajstić information content (AvgIpc) is 2.42. The molecule has 4 N–H and O–H groups in total. The second-order valence-corrected chi connectivity index (χ2v) is 4.89. The number of benzene rings is 1. The highest BCUT2D eigenvalue weighted by Crippen LogP contribution is 2.25. The standard InChI is InChI=1S/C14H20ClN3O2/c1-3-5-11(16)14(20)18-12-8-9(6-7-10(12)15)17-13(19)4-2/h6-8,11H,3-5,16H2,1-2H3,(H,17,19)(H,18,20)/t11-/m1/s1. The van der Waals surface area contributed by atoms with Gasteiger partial charge in [-0.15, -0.1) is 0 Å². The van der Waals surface area contributed by atoms with E-state index in [-0.39, 0.29) is 11.8 Å². The van der Waals surface area contributed by atoms with Crippen LogP contribution in [0.4, 0.5) is 11.4 Å². The summed E-state index contributed by atoms with van der Waals surface area (Å²) in [6, 6.07) is 4.35. The Hall–Kier alpha value is -1.59. The molecule has 0 aliphatic carbocycles. The van der Waals surface area contributed by atoms with Crippen LogP contribution < -0.4 is 16.4 Å². The van der Waals surface area contributed by atoms with Crippen LogP contribution in [0.3, 0.4) is 0 Å². The van der Waals surface area contributed by atoms with E-state index in [1.807, 2.05) is 6.92 Å². The molecule has 0 heterocycles. The first-order valence-electron chi connectivity index (χ1n) is 6.63. The second-order valence-electron chi connectivity index (χ2n) is 4.48. The first-order chi connectivity index (χ1) is 9.47. The van der Waals surface area contributed by atoms with Crippen molar-refractivity contribution in [3.8, 4) is 0 Å². The van der Waals surface area contributed by atoms with Crippen LogP contribution in [0.2, 0.25) is 5.02 Å². The minimum Gasteiger partial charge on any atom is -0.326 e. The van der Waals surface area contributed by atoms with E-state index in [2.05, 4.69) is 10.6 Å². The van der Waals surface area contributed by atoms with Crippen LogP contribution in [-0.4, -0.2) is 17.9 Å². The van der Waals surface area contributed by atoms with Gasteiger partial charge in [0.25, 0.3) is 0 Å². The Balaban J connectivity index is 2.81. The summed E-state index contributed by atoms with van der Waals surface area (Å²) in [5, 5.41) is 5.79. The van der Waals surface area contributed by atoms with Crippen LogP contribution in [0, 0.1) is 0 Å². The molecule has 0 aliphatic heterocycles. The summed E-state index contributed by atoms with van der Waals surface area (Å²) in [4.78, 5) is 23.2. The molecule has 0 saturated carbocycles. The fourth-order valence-corrected chi connectivity index (χ4v) is 1.78. The molecule has 6 heteroatoms. The second kappa shape index (κ2) is 7.87. The number of hydrogen-bond donors (Lipinski definition) is 3. The van der Waals surface area contributed by atoms with Crippen LogP contribution in [-0.2, 0) is 9.59 Å². The zero-order valence-electron chi connectivity index (χ0n) is 11.7. The van der Waals surface area contributed by atoms with Crippen molar-refractivity contribution in [2.45, 2.75) is 39.2 Å². The first-order valence-corrected chi connectivity index (χ1v) is 7.01. The number of nitrogens with one attached hydrogen (secondary N) is 2. The third-order valence-corrected chi connectivity index (χ3v) is 3.10. The SMILES string of the molecule is CCC[C@@H](N)C(=O)Nc1cc(NC(=O)CC)ccc1Cl. The van der Waals surface area contributed by atoms with E-state index in [0.717, 1.165) is 6.42 Å². The van der Waals surface area contributed by atoms with Crippen LogP contribution >= 0.6 is 11.6 Å². The Morgan fingerprint density at radius 1 is 1.30 bits per heavy atom. The number of nitrogens with two attached hydrogens (primary N) is 1. The highest BCUT2D eigenvalue weighted by molar-refractivity contribution is 6.34. The van der Waals surface area contributed by atoms with Crippen LogP contribution in [0.5, 0.6) is 0 Å². The van der Waals surface area contributed by atoms with Crippen molar-refractivity contribution in [2.75, 3.05) is 10.6 Å². The molecule has 1 rings (SSSR count). The Kier molecular flexibility index (Phi) is 6.48. The zero-order chi connectivity index (χ0) is 15.1. The number of anilines is 2. The average molecular weight is 298 g/mol. The van der Waals surface area contributed by atoms with E-state index in [0.29, 0.717) is 29.2 Å². The summed E-state index contributed by atoms with van der Waals surface area (Å²) in [6.45, 7) is 3.72. The molecule has 0 aliphatic rings. The molecule has 0 radical (unpaired) electrons. The molecule has 0 unspecified atom stereocenters. The van der Waals surface area contributed by atoms with Gasteiger partial charge in [0.1, 0.15) is 0 Å². The topological polar surface area (TPSA) is 84.2 Å². The molecular formula is C14H20ClN3O2. The van der Waals surface area contributed by atoms with Gasteiger partial charge < -0.3 is 16.4 Å². The number of hydrogen-bond acceptors (Lipinski definition) is 3. The summed E-state index contributed by atoms with van der Waals surface area (Å²) in [5.74, 6) is -0.389. The summed E-state index contributed by atoms with van der Waals surface area (Å²) in [5.41, 5.74) is 6.77.